The van der Waals surface area contributed by atoms with Crippen molar-refractivity contribution in [3.8, 4) is 0 Å². The molecule has 2 unspecified atom stereocenters. The highest BCUT2D eigenvalue weighted by atomic mass is 16.3. The molecule has 2 atom stereocenters. The average molecular weight is 199 g/mol. The molecule has 1 amide bonds. The Morgan fingerprint density at radius 2 is 1.93 bits per heavy atom. The van der Waals surface area contributed by atoms with E-state index in [1.807, 2.05) is 0 Å². The first-order chi connectivity index (χ1) is 6.41. The second kappa shape index (κ2) is 4.30. The lowest BCUT2D eigenvalue weighted by molar-refractivity contribution is -0.137. The van der Waals surface area contributed by atoms with Gasteiger partial charge in [0, 0.05) is 6.04 Å². The Bertz CT molecular complexity index is 208. The molecule has 0 bridgehead atoms. The van der Waals surface area contributed by atoms with Crippen LogP contribution in [0.25, 0.3) is 0 Å². The predicted octanol–water partition coefficient (Wildman–Crippen LogP) is 1.45. The van der Waals surface area contributed by atoms with Crippen LogP contribution in [-0.2, 0) is 4.79 Å². The first-order valence-corrected chi connectivity index (χ1v) is 5.44. The Morgan fingerprint density at radius 1 is 1.36 bits per heavy atom. The maximum atomic E-state index is 11.5. The van der Waals surface area contributed by atoms with Crippen LogP contribution < -0.4 is 5.32 Å². The molecule has 0 aromatic carbocycles. The summed E-state index contributed by atoms with van der Waals surface area (Å²) < 4.78 is 0. The van der Waals surface area contributed by atoms with Gasteiger partial charge in [0.2, 0.25) is 0 Å². The largest absolute Gasteiger partial charge is 0.381 e. The molecule has 0 aliphatic heterocycles. The van der Waals surface area contributed by atoms with Gasteiger partial charge in [-0.15, -0.1) is 0 Å². The van der Waals surface area contributed by atoms with Gasteiger partial charge in [-0.1, -0.05) is 19.8 Å². The van der Waals surface area contributed by atoms with Crippen molar-refractivity contribution in [3.05, 3.63) is 0 Å². The maximum Gasteiger partial charge on any atom is 0.251 e. The molecule has 1 saturated carbocycles. The van der Waals surface area contributed by atoms with Crippen LogP contribution in [0.3, 0.4) is 0 Å². The van der Waals surface area contributed by atoms with Crippen molar-refractivity contribution in [2.75, 3.05) is 0 Å². The summed E-state index contributed by atoms with van der Waals surface area (Å²) >= 11 is 0. The summed E-state index contributed by atoms with van der Waals surface area (Å²) in [5, 5.41) is 12.4. The predicted molar refractivity (Wildman–Crippen MR) is 55.9 cm³/mol. The quantitative estimate of drug-likeness (QED) is 0.707. The number of aliphatic hydroxyl groups is 1. The molecule has 1 aliphatic carbocycles. The molecule has 1 fully saturated rings. The second-order valence-electron chi connectivity index (χ2n) is 4.90. The van der Waals surface area contributed by atoms with Crippen molar-refractivity contribution in [1.82, 2.24) is 5.32 Å². The molecule has 3 nitrogen and oxygen atoms in total. The van der Waals surface area contributed by atoms with Gasteiger partial charge in [0.1, 0.15) is 5.60 Å². The monoisotopic (exact) mass is 199 g/mol. The molecule has 0 radical (unpaired) electrons. The second-order valence-corrected chi connectivity index (χ2v) is 4.90. The van der Waals surface area contributed by atoms with Gasteiger partial charge in [-0.3, -0.25) is 4.79 Å². The highest BCUT2D eigenvalue weighted by Crippen LogP contribution is 2.24. The van der Waals surface area contributed by atoms with Crippen LogP contribution in [0.2, 0.25) is 0 Å². The number of amides is 1. The Balaban J connectivity index is 2.46. The smallest absolute Gasteiger partial charge is 0.251 e. The Hall–Kier alpha value is -0.570. The fourth-order valence-electron chi connectivity index (χ4n) is 1.88. The van der Waals surface area contributed by atoms with Crippen LogP contribution in [-0.4, -0.2) is 22.7 Å². The zero-order chi connectivity index (χ0) is 10.8. The van der Waals surface area contributed by atoms with Crippen LogP contribution in [0.1, 0.15) is 46.5 Å². The summed E-state index contributed by atoms with van der Waals surface area (Å²) in [5.74, 6) is 0.284. The molecule has 14 heavy (non-hydrogen) atoms. The van der Waals surface area contributed by atoms with Crippen molar-refractivity contribution in [2.45, 2.75) is 58.1 Å². The standard InChI is InChI=1S/C11H21NO2/c1-8-6-4-5-7-9(8)12-10(13)11(2,3)14/h8-9,14H,4-7H2,1-3H3,(H,12,13). The number of rotatable bonds is 2. The number of hydrogen-bond donors (Lipinski definition) is 2. The van der Waals surface area contributed by atoms with Crippen molar-refractivity contribution >= 4 is 5.91 Å². The van der Waals surface area contributed by atoms with Gasteiger partial charge in [0.05, 0.1) is 0 Å². The lowest BCUT2D eigenvalue weighted by atomic mass is 9.85. The number of carbonyl (C=O) groups is 1. The highest BCUT2D eigenvalue weighted by molar-refractivity contribution is 5.84. The zero-order valence-corrected chi connectivity index (χ0v) is 9.34. The molecule has 0 saturated heterocycles. The van der Waals surface area contributed by atoms with Crippen molar-refractivity contribution < 1.29 is 9.90 Å². The summed E-state index contributed by atoms with van der Waals surface area (Å²) in [7, 11) is 0. The Morgan fingerprint density at radius 3 is 2.43 bits per heavy atom. The summed E-state index contributed by atoms with van der Waals surface area (Å²) in [6.07, 6.45) is 4.66. The molecule has 0 aromatic heterocycles. The van der Waals surface area contributed by atoms with Gasteiger partial charge < -0.3 is 10.4 Å². The maximum absolute atomic E-state index is 11.5. The van der Waals surface area contributed by atoms with Crippen molar-refractivity contribution in [3.63, 3.8) is 0 Å². The van der Waals surface area contributed by atoms with E-state index >= 15 is 0 Å². The average Bonchev–Trinajstić information content (AvgIpc) is 2.07. The molecule has 0 aromatic rings. The van der Waals surface area contributed by atoms with E-state index in [1.165, 1.54) is 33.1 Å². The minimum atomic E-state index is -1.25. The van der Waals surface area contributed by atoms with E-state index in [0.29, 0.717) is 5.92 Å². The molecular formula is C11H21NO2. The van der Waals surface area contributed by atoms with E-state index in [-0.39, 0.29) is 11.9 Å². The van der Waals surface area contributed by atoms with Crippen molar-refractivity contribution in [2.24, 2.45) is 5.92 Å². The first-order valence-electron chi connectivity index (χ1n) is 5.44. The minimum absolute atomic E-state index is 0.252. The lowest BCUT2D eigenvalue weighted by Gasteiger charge is -2.31. The summed E-state index contributed by atoms with van der Waals surface area (Å²) in [6.45, 7) is 5.21. The van der Waals surface area contributed by atoms with Gasteiger partial charge in [0.15, 0.2) is 0 Å². The van der Waals surface area contributed by atoms with Gasteiger partial charge in [-0.05, 0) is 32.6 Å². The van der Waals surface area contributed by atoms with Gasteiger partial charge in [0.25, 0.3) is 5.91 Å². The molecule has 2 N–H and O–H groups in total. The van der Waals surface area contributed by atoms with Crippen LogP contribution in [0.15, 0.2) is 0 Å². The fraction of sp³-hybridized carbons (Fsp3) is 0.909. The third-order valence-corrected chi connectivity index (χ3v) is 2.98. The van der Waals surface area contributed by atoms with Crippen LogP contribution >= 0.6 is 0 Å². The van der Waals surface area contributed by atoms with E-state index in [2.05, 4.69) is 12.2 Å². The van der Waals surface area contributed by atoms with Gasteiger partial charge in [-0.25, -0.2) is 0 Å². The van der Waals surface area contributed by atoms with Crippen LogP contribution in [0.4, 0.5) is 0 Å². The van der Waals surface area contributed by atoms with Crippen LogP contribution in [0, 0.1) is 5.92 Å². The van der Waals surface area contributed by atoms with Crippen molar-refractivity contribution in [1.29, 1.82) is 0 Å². The third kappa shape index (κ3) is 2.98. The topological polar surface area (TPSA) is 49.3 Å². The minimum Gasteiger partial charge on any atom is -0.381 e. The van der Waals surface area contributed by atoms with E-state index in [4.69, 9.17) is 0 Å². The molecule has 0 heterocycles. The Kier molecular flexibility index (Phi) is 3.53. The summed E-state index contributed by atoms with van der Waals surface area (Å²) in [5.41, 5.74) is -1.25. The molecular weight excluding hydrogens is 178 g/mol. The zero-order valence-electron chi connectivity index (χ0n) is 9.34. The Labute approximate surface area is 85.9 Å². The number of nitrogens with one attached hydrogen (secondary N) is 1. The normalized spacial score (nSPS) is 28.6. The SMILES string of the molecule is CC1CCCCC1NC(=O)C(C)(C)O. The number of carbonyl (C=O) groups excluding carboxylic acids is 1. The fourth-order valence-corrected chi connectivity index (χ4v) is 1.88. The molecule has 0 spiro atoms. The molecule has 1 aliphatic rings. The van der Waals surface area contributed by atoms with E-state index in [9.17, 15) is 9.90 Å². The van der Waals surface area contributed by atoms with E-state index in [1.54, 1.807) is 0 Å². The highest BCUT2D eigenvalue weighted by Gasteiger charge is 2.29. The lowest BCUT2D eigenvalue weighted by Crippen LogP contribution is -2.49. The molecule has 3 heteroatoms. The first kappa shape index (κ1) is 11.5. The molecule has 1 rings (SSSR count). The third-order valence-electron chi connectivity index (χ3n) is 2.98. The van der Waals surface area contributed by atoms with Gasteiger partial charge >= 0.3 is 0 Å². The summed E-state index contributed by atoms with van der Waals surface area (Å²) in [4.78, 5) is 11.5. The molecule has 82 valence electrons. The summed E-state index contributed by atoms with van der Waals surface area (Å²) in [6, 6.07) is 0.252. The van der Waals surface area contributed by atoms with Crippen LogP contribution in [0.5, 0.6) is 0 Å². The van der Waals surface area contributed by atoms with Gasteiger partial charge in [-0.2, -0.15) is 0 Å². The van der Waals surface area contributed by atoms with E-state index in [0.717, 1.165) is 6.42 Å². The number of hydrogen-bond acceptors (Lipinski definition) is 2. The van der Waals surface area contributed by atoms with E-state index < -0.39 is 5.60 Å².